The maximum Gasteiger partial charge on any atom is 0.410 e. The number of aromatic nitrogens is 1. The minimum absolute atomic E-state index is 0.0147. The number of hydrogen-bond donors (Lipinski definition) is 0. The molecule has 2 amide bonds. The summed E-state index contributed by atoms with van der Waals surface area (Å²) >= 11 is 3.43. The number of methoxy groups -OCH3 is 1. The van der Waals surface area contributed by atoms with E-state index in [0.29, 0.717) is 39.3 Å². The van der Waals surface area contributed by atoms with E-state index >= 15 is 0 Å². The third-order valence-corrected chi connectivity index (χ3v) is 8.02. The van der Waals surface area contributed by atoms with E-state index in [-0.39, 0.29) is 36.0 Å². The zero-order chi connectivity index (χ0) is 30.7. The SMILES string of the molecule is COC[C@H]1CN(C(=O)OC(C)(C)C)[C@H](C)CN1CC(=O)N1CC(C)(C)c2ncc(Cc3ccccc3OCCBr)cc21. The summed E-state index contributed by atoms with van der Waals surface area (Å²) in [6.07, 6.45) is 2.23. The topological polar surface area (TPSA) is 84.4 Å². The van der Waals surface area contributed by atoms with Gasteiger partial charge in [-0.15, -0.1) is 0 Å². The molecule has 0 aliphatic carbocycles. The predicted molar refractivity (Wildman–Crippen MR) is 168 cm³/mol. The van der Waals surface area contributed by atoms with Crippen LogP contribution in [0, 0.1) is 0 Å². The van der Waals surface area contributed by atoms with Crippen LogP contribution in [0.3, 0.4) is 0 Å². The van der Waals surface area contributed by atoms with Crippen LogP contribution in [0.2, 0.25) is 0 Å². The molecule has 1 aromatic heterocycles. The number of fused-ring (bicyclic) bond motifs is 1. The molecule has 4 rings (SSSR count). The third kappa shape index (κ3) is 7.63. The van der Waals surface area contributed by atoms with Gasteiger partial charge in [0.25, 0.3) is 0 Å². The van der Waals surface area contributed by atoms with E-state index in [1.165, 1.54) is 0 Å². The highest BCUT2D eigenvalue weighted by Gasteiger charge is 2.42. The summed E-state index contributed by atoms with van der Waals surface area (Å²) in [7, 11) is 1.64. The lowest BCUT2D eigenvalue weighted by Gasteiger charge is -2.45. The Hall–Kier alpha value is -2.69. The molecule has 0 N–H and O–H groups in total. The van der Waals surface area contributed by atoms with Gasteiger partial charge in [0, 0.05) is 56.1 Å². The number of carbonyl (C=O) groups excluding carboxylic acids is 2. The van der Waals surface area contributed by atoms with Crippen LogP contribution in [-0.2, 0) is 26.1 Å². The average molecular weight is 646 g/mol. The number of para-hydroxylation sites is 1. The first-order valence-corrected chi connectivity index (χ1v) is 15.7. The van der Waals surface area contributed by atoms with Crippen molar-refractivity contribution in [3.63, 3.8) is 0 Å². The summed E-state index contributed by atoms with van der Waals surface area (Å²) in [6, 6.07) is 9.90. The molecule has 42 heavy (non-hydrogen) atoms. The van der Waals surface area contributed by atoms with Crippen molar-refractivity contribution < 1.29 is 23.8 Å². The number of nitrogens with zero attached hydrogens (tertiary/aromatic N) is 4. The molecule has 0 radical (unpaired) electrons. The van der Waals surface area contributed by atoms with Crippen LogP contribution >= 0.6 is 15.9 Å². The van der Waals surface area contributed by atoms with Gasteiger partial charge in [0.1, 0.15) is 11.4 Å². The molecule has 10 heteroatoms. The smallest absolute Gasteiger partial charge is 0.410 e. The molecule has 1 fully saturated rings. The summed E-state index contributed by atoms with van der Waals surface area (Å²) in [5.74, 6) is 0.871. The lowest BCUT2D eigenvalue weighted by atomic mass is 9.91. The van der Waals surface area contributed by atoms with Gasteiger partial charge < -0.3 is 24.0 Å². The van der Waals surface area contributed by atoms with Crippen molar-refractivity contribution >= 4 is 33.6 Å². The number of alkyl halides is 1. The number of halogens is 1. The van der Waals surface area contributed by atoms with Crippen molar-refractivity contribution in [2.45, 2.75) is 71.1 Å². The van der Waals surface area contributed by atoms with E-state index in [9.17, 15) is 9.59 Å². The van der Waals surface area contributed by atoms with E-state index in [0.717, 1.165) is 33.6 Å². The molecular weight excluding hydrogens is 600 g/mol. The van der Waals surface area contributed by atoms with Crippen LogP contribution in [0.25, 0.3) is 0 Å². The van der Waals surface area contributed by atoms with Crippen molar-refractivity contribution in [3.8, 4) is 5.75 Å². The molecule has 9 nitrogen and oxygen atoms in total. The molecule has 2 atom stereocenters. The minimum atomic E-state index is -0.577. The van der Waals surface area contributed by atoms with Crippen LogP contribution in [0.1, 0.15) is 58.4 Å². The number of amides is 2. The highest BCUT2D eigenvalue weighted by atomic mass is 79.9. The quantitative estimate of drug-likeness (QED) is 0.354. The lowest BCUT2D eigenvalue weighted by molar-refractivity contribution is -0.121. The molecule has 0 bridgehead atoms. The number of rotatable bonds is 9. The Morgan fingerprint density at radius 1 is 1.17 bits per heavy atom. The summed E-state index contributed by atoms with van der Waals surface area (Å²) in [6.45, 7) is 14.6. The second-order valence-corrected chi connectivity index (χ2v) is 13.7. The fourth-order valence-electron chi connectivity index (χ4n) is 5.74. The van der Waals surface area contributed by atoms with Crippen molar-refractivity contribution in [1.82, 2.24) is 14.8 Å². The first-order valence-electron chi connectivity index (χ1n) is 14.6. The summed E-state index contributed by atoms with van der Waals surface area (Å²) in [4.78, 5) is 37.5. The van der Waals surface area contributed by atoms with Crippen molar-refractivity contribution in [2.75, 3.05) is 56.7 Å². The highest BCUT2D eigenvalue weighted by molar-refractivity contribution is 9.09. The normalized spacial score (nSPS) is 20.4. The van der Waals surface area contributed by atoms with Crippen LogP contribution in [0.5, 0.6) is 5.75 Å². The maximum absolute atomic E-state index is 14.0. The number of ether oxygens (including phenoxy) is 3. The fraction of sp³-hybridized carbons (Fsp3) is 0.594. The second kappa shape index (κ2) is 13.3. The zero-order valence-electron chi connectivity index (χ0n) is 26.0. The van der Waals surface area contributed by atoms with Crippen molar-refractivity contribution in [2.24, 2.45) is 0 Å². The van der Waals surface area contributed by atoms with Gasteiger partial charge in [0.2, 0.25) is 5.91 Å². The summed E-state index contributed by atoms with van der Waals surface area (Å²) in [5, 5.41) is 0.758. The maximum atomic E-state index is 14.0. The third-order valence-electron chi connectivity index (χ3n) is 7.69. The molecule has 230 valence electrons. The molecule has 2 aliphatic heterocycles. The summed E-state index contributed by atoms with van der Waals surface area (Å²) < 4.78 is 17.1. The number of benzene rings is 1. The van der Waals surface area contributed by atoms with E-state index in [4.69, 9.17) is 19.2 Å². The van der Waals surface area contributed by atoms with Crippen LogP contribution in [0.4, 0.5) is 10.5 Å². The van der Waals surface area contributed by atoms with Gasteiger partial charge in [0.15, 0.2) is 0 Å². The van der Waals surface area contributed by atoms with Gasteiger partial charge >= 0.3 is 6.09 Å². The average Bonchev–Trinajstić information content (AvgIpc) is 3.18. The van der Waals surface area contributed by atoms with Crippen molar-refractivity contribution in [1.29, 1.82) is 0 Å². The largest absolute Gasteiger partial charge is 0.492 e. The standard InChI is InChI=1S/C32H45BrN4O5/c1-22-17-35(25(20-40-7)18-36(22)30(39)42-31(2,3)4)19-28(38)37-21-32(5,6)29-26(37)15-23(16-34-29)14-24-10-8-9-11-27(24)41-13-12-33/h8-11,15-16,22,25H,12-14,17-21H2,1-7H3/t22-,25-/m1/s1. The van der Waals surface area contributed by atoms with Gasteiger partial charge in [-0.05, 0) is 51.0 Å². The molecule has 2 aromatic rings. The Kier molecular flexibility index (Phi) is 10.2. The number of hydrogen-bond acceptors (Lipinski definition) is 7. The van der Waals surface area contributed by atoms with Gasteiger partial charge in [-0.1, -0.05) is 48.0 Å². The molecule has 0 spiro atoms. The van der Waals surface area contributed by atoms with Crippen LogP contribution in [-0.4, -0.2) is 96.3 Å². The van der Waals surface area contributed by atoms with Crippen LogP contribution < -0.4 is 9.64 Å². The van der Waals surface area contributed by atoms with E-state index in [2.05, 4.69) is 46.8 Å². The van der Waals surface area contributed by atoms with Gasteiger partial charge in [-0.3, -0.25) is 14.7 Å². The fourth-order valence-corrected chi connectivity index (χ4v) is 5.91. The zero-order valence-corrected chi connectivity index (χ0v) is 27.6. The monoisotopic (exact) mass is 644 g/mol. The number of carbonyl (C=O) groups is 2. The first kappa shape index (κ1) is 32.2. The molecular formula is C32H45BrN4O5. The van der Waals surface area contributed by atoms with E-state index in [1.54, 1.807) is 12.0 Å². The Bertz CT molecular complexity index is 1260. The van der Waals surface area contributed by atoms with Crippen molar-refractivity contribution in [3.05, 3.63) is 53.3 Å². The minimum Gasteiger partial charge on any atom is -0.492 e. The number of anilines is 1. The molecule has 2 aliphatic rings. The predicted octanol–water partition coefficient (Wildman–Crippen LogP) is 5.03. The highest BCUT2D eigenvalue weighted by Crippen LogP contribution is 2.40. The number of piperazine rings is 1. The first-order chi connectivity index (χ1) is 19.8. The Morgan fingerprint density at radius 3 is 2.60 bits per heavy atom. The Morgan fingerprint density at radius 2 is 1.90 bits per heavy atom. The molecule has 1 aromatic carbocycles. The van der Waals surface area contributed by atoms with E-state index < -0.39 is 5.60 Å². The lowest BCUT2D eigenvalue weighted by Crippen LogP contribution is -2.62. The molecule has 0 saturated carbocycles. The number of pyridine rings is 1. The summed E-state index contributed by atoms with van der Waals surface area (Å²) in [5.41, 5.74) is 3.05. The molecule has 3 heterocycles. The second-order valence-electron chi connectivity index (χ2n) is 12.9. The van der Waals surface area contributed by atoms with Gasteiger partial charge in [-0.2, -0.15) is 0 Å². The van der Waals surface area contributed by atoms with E-state index in [1.807, 2.05) is 57.0 Å². The molecule has 1 saturated heterocycles. The Labute approximate surface area is 258 Å². The Balaban J connectivity index is 1.52. The van der Waals surface area contributed by atoms with Crippen LogP contribution in [0.15, 0.2) is 36.5 Å². The van der Waals surface area contributed by atoms with Gasteiger partial charge in [0.05, 0.1) is 37.2 Å². The van der Waals surface area contributed by atoms with Gasteiger partial charge in [-0.25, -0.2) is 4.79 Å². The molecule has 0 unspecified atom stereocenters.